The molecule has 244 valence electrons. The first-order chi connectivity index (χ1) is 22.4. The molecular weight excluding hydrogens is 643 g/mol. The van der Waals surface area contributed by atoms with E-state index in [2.05, 4.69) is 4.99 Å². The van der Waals surface area contributed by atoms with Crippen LogP contribution in [0.3, 0.4) is 0 Å². The molecule has 47 heavy (non-hydrogen) atoms. The van der Waals surface area contributed by atoms with E-state index < -0.39 is 45.7 Å². The van der Waals surface area contributed by atoms with Crippen LogP contribution < -0.4 is 29.1 Å². The average molecular weight is 670 g/mol. The van der Waals surface area contributed by atoms with Gasteiger partial charge in [0.2, 0.25) is 5.75 Å². The molecule has 0 bridgehead atoms. The molecule has 4 aromatic rings. The smallest absolute Gasteiger partial charge is 0.416 e. The molecule has 0 fully saturated rings. The molecule has 3 aromatic carbocycles. The Morgan fingerprint density at radius 1 is 1.04 bits per heavy atom. The number of methoxy groups -OCH3 is 2. The number of ether oxygens (including phenoxy) is 4. The van der Waals surface area contributed by atoms with Crippen LogP contribution >= 0.6 is 11.3 Å². The third-order valence-electron chi connectivity index (χ3n) is 7.14. The molecule has 0 N–H and O–H groups in total. The molecule has 1 aliphatic heterocycles. The number of fused-ring (bicyclic) bond motifs is 1. The molecule has 15 heteroatoms. The predicted molar refractivity (Wildman–Crippen MR) is 165 cm³/mol. The highest BCUT2D eigenvalue weighted by atomic mass is 32.1. The second kappa shape index (κ2) is 13.1. The monoisotopic (exact) mass is 669 g/mol. The zero-order valence-electron chi connectivity index (χ0n) is 25.3. The van der Waals surface area contributed by atoms with Gasteiger partial charge in [0.05, 0.1) is 53.2 Å². The van der Waals surface area contributed by atoms with Gasteiger partial charge in [-0.1, -0.05) is 29.5 Å². The van der Waals surface area contributed by atoms with Crippen LogP contribution in [0.2, 0.25) is 0 Å². The lowest BCUT2D eigenvalue weighted by atomic mass is 9.96. The lowest BCUT2D eigenvalue weighted by Crippen LogP contribution is -2.39. The van der Waals surface area contributed by atoms with Crippen molar-refractivity contribution in [1.29, 1.82) is 0 Å². The fraction of sp³-hybridized carbons (Fsp3) is 0.219. The summed E-state index contributed by atoms with van der Waals surface area (Å²) in [5, 5.41) is 11.5. The van der Waals surface area contributed by atoms with Crippen LogP contribution in [-0.2, 0) is 15.7 Å². The van der Waals surface area contributed by atoms with Crippen molar-refractivity contribution in [2.45, 2.75) is 26.1 Å². The van der Waals surface area contributed by atoms with E-state index in [1.54, 1.807) is 50.3 Å². The fourth-order valence-electron chi connectivity index (χ4n) is 4.94. The zero-order valence-corrected chi connectivity index (χ0v) is 26.1. The quantitative estimate of drug-likeness (QED) is 0.129. The van der Waals surface area contributed by atoms with E-state index >= 15 is 0 Å². The highest BCUT2D eigenvalue weighted by Gasteiger charge is 2.35. The molecule has 5 rings (SSSR count). The summed E-state index contributed by atoms with van der Waals surface area (Å²) in [7, 11) is 2.84. The van der Waals surface area contributed by atoms with Crippen LogP contribution in [0.15, 0.2) is 81.7 Å². The normalized spacial score (nSPS) is 14.7. The van der Waals surface area contributed by atoms with E-state index in [0.29, 0.717) is 39.5 Å². The third-order valence-corrected chi connectivity index (χ3v) is 8.12. The highest BCUT2D eigenvalue weighted by Crippen LogP contribution is 2.40. The van der Waals surface area contributed by atoms with Crippen LogP contribution in [0.1, 0.15) is 36.6 Å². The maximum atomic E-state index is 13.9. The molecule has 1 aliphatic rings. The van der Waals surface area contributed by atoms with Crippen molar-refractivity contribution in [3.05, 3.63) is 118 Å². The van der Waals surface area contributed by atoms with E-state index in [-0.39, 0.29) is 28.2 Å². The molecule has 1 atom stereocenters. The van der Waals surface area contributed by atoms with Crippen molar-refractivity contribution in [3.8, 4) is 23.0 Å². The number of esters is 1. The van der Waals surface area contributed by atoms with Gasteiger partial charge in [0.15, 0.2) is 16.3 Å². The zero-order chi connectivity index (χ0) is 34.0. The Kier molecular flexibility index (Phi) is 9.19. The van der Waals surface area contributed by atoms with Crippen LogP contribution in [0.5, 0.6) is 23.0 Å². The Hall–Kier alpha value is -5.44. The number of carbonyl (C=O) groups is 1. The highest BCUT2D eigenvalue weighted by molar-refractivity contribution is 7.07. The van der Waals surface area contributed by atoms with Gasteiger partial charge in [-0.05, 0) is 67.4 Å². The van der Waals surface area contributed by atoms with E-state index in [1.807, 2.05) is 0 Å². The molecular formula is C32H26F3N3O8S. The summed E-state index contributed by atoms with van der Waals surface area (Å²) in [5.74, 6) is -0.347. The van der Waals surface area contributed by atoms with Crippen LogP contribution in [0.4, 0.5) is 18.9 Å². The standard InChI is InChI=1S/C32H26F3N3O8S/c1-5-45-30(40)27-17(2)36-31-37(28(27)19-7-10-21(43-3)11-8-19)29(39)26(47-31)15-18-6-12-24(25(14-18)44-4)46-23-13-9-20(32(33,34)35)16-22(23)38(41)42/h6-16,28H,5H2,1-4H3/b26-15+. The van der Waals surface area contributed by atoms with Crippen molar-refractivity contribution < 1.29 is 41.8 Å². The SMILES string of the molecule is CCOC(=O)C1=C(C)N=c2s/c(=C/c3ccc(Oc4ccc(C(F)(F)F)cc4[N+](=O)[O-])c(OC)c3)c(=O)n2C1c1ccc(OC)cc1. The van der Waals surface area contributed by atoms with Gasteiger partial charge in [-0.15, -0.1) is 0 Å². The predicted octanol–water partition coefficient (Wildman–Crippen LogP) is 5.53. The number of rotatable bonds is 9. The van der Waals surface area contributed by atoms with Crippen molar-refractivity contribution in [2.75, 3.05) is 20.8 Å². The van der Waals surface area contributed by atoms with Crippen molar-refractivity contribution in [3.63, 3.8) is 0 Å². The summed E-state index contributed by atoms with van der Waals surface area (Å²) in [6, 6.07) is 12.5. The molecule has 11 nitrogen and oxygen atoms in total. The lowest BCUT2D eigenvalue weighted by Gasteiger charge is -2.24. The van der Waals surface area contributed by atoms with E-state index in [4.69, 9.17) is 18.9 Å². The van der Waals surface area contributed by atoms with Gasteiger partial charge in [-0.2, -0.15) is 13.2 Å². The maximum Gasteiger partial charge on any atom is 0.416 e. The topological polar surface area (TPSA) is 131 Å². The van der Waals surface area contributed by atoms with E-state index in [9.17, 15) is 32.9 Å². The number of aromatic nitrogens is 1. The summed E-state index contributed by atoms with van der Waals surface area (Å²) in [6.45, 7) is 3.48. The summed E-state index contributed by atoms with van der Waals surface area (Å²) in [4.78, 5) is 42.4. The Morgan fingerprint density at radius 2 is 1.74 bits per heavy atom. The van der Waals surface area contributed by atoms with Gasteiger partial charge >= 0.3 is 17.8 Å². The van der Waals surface area contributed by atoms with Crippen molar-refractivity contribution in [2.24, 2.45) is 4.99 Å². The van der Waals surface area contributed by atoms with E-state index in [1.165, 1.54) is 30.9 Å². The first-order valence-corrected chi connectivity index (χ1v) is 14.7. The van der Waals surface area contributed by atoms with Crippen LogP contribution in [0.25, 0.3) is 6.08 Å². The van der Waals surface area contributed by atoms with Gasteiger partial charge in [0.25, 0.3) is 5.56 Å². The number of hydrogen-bond donors (Lipinski definition) is 0. The number of allylic oxidation sites excluding steroid dienone is 1. The van der Waals surface area contributed by atoms with Crippen molar-refractivity contribution in [1.82, 2.24) is 4.57 Å². The van der Waals surface area contributed by atoms with Gasteiger partial charge in [0.1, 0.15) is 5.75 Å². The molecule has 0 saturated carbocycles. The number of nitro benzene ring substituents is 1. The second-order valence-electron chi connectivity index (χ2n) is 10.0. The number of benzene rings is 3. The maximum absolute atomic E-state index is 13.9. The molecule has 1 aromatic heterocycles. The average Bonchev–Trinajstić information content (AvgIpc) is 3.34. The third kappa shape index (κ3) is 6.60. The molecule has 0 spiro atoms. The number of nitrogens with zero attached hydrogens (tertiary/aromatic N) is 3. The Labute approximate surface area is 268 Å². The first kappa shape index (κ1) is 32.9. The van der Waals surface area contributed by atoms with Gasteiger partial charge in [0, 0.05) is 6.07 Å². The molecule has 1 unspecified atom stereocenters. The molecule has 0 saturated heterocycles. The summed E-state index contributed by atoms with van der Waals surface area (Å²) >= 11 is 1.10. The van der Waals surface area contributed by atoms with E-state index in [0.717, 1.165) is 17.4 Å². The minimum Gasteiger partial charge on any atom is -0.497 e. The first-order valence-electron chi connectivity index (χ1n) is 13.9. The van der Waals surface area contributed by atoms with Crippen LogP contribution in [0, 0.1) is 10.1 Å². The fourth-order valence-corrected chi connectivity index (χ4v) is 5.99. The summed E-state index contributed by atoms with van der Waals surface area (Å²) < 4.78 is 62.7. The van der Waals surface area contributed by atoms with Gasteiger partial charge in [-0.25, -0.2) is 9.79 Å². The van der Waals surface area contributed by atoms with Crippen LogP contribution in [-0.4, -0.2) is 36.3 Å². The Bertz CT molecular complexity index is 2090. The lowest BCUT2D eigenvalue weighted by molar-refractivity contribution is -0.385. The number of carbonyl (C=O) groups excluding carboxylic acids is 1. The number of hydrogen-bond acceptors (Lipinski definition) is 10. The second-order valence-corrected chi connectivity index (χ2v) is 11.0. The number of nitro groups is 1. The Balaban J connectivity index is 1.56. The number of halogens is 3. The molecule has 0 radical (unpaired) electrons. The molecule has 0 aliphatic carbocycles. The number of alkyl halides is 3. The summed E-state index contributed by atoms with van der Waals surface area (Å²) in [6.07, 6.45) is -3.21. The largest absolute Gasteiger partial charge is 0.497 e. The number of thiazole rings is 1. The van der Waals surface area contributed by atoms with Gasteiger partial charge < -0.3 is 18.9 Å². The molecule has 0 amide bonds. The minimum atomic E-state index is -4.78. The Morgan fingerprint density at radius 3 is 2.36 bits per heavy atom. The summed E-state index contributed by atoms with van der Waals surface area (Å²) in [5.41, 5.74) is -0.771. The molecule has 2 heterocycles. The van der Waals surface area contributed by atoms with Gasteiger partial charge in [-0.3, -0.25) is 19.5 Å². The minimum absolute atomic E-state index is 0.0109. The van der Waals surface area contributed by atoms with Crippen molar-refractivity contribution >= 4 is 29.1 Å².